The van der Waals surface area contributed by atoms with E-state index in [0.717, 1.165) is 17.7 Å². The van der Waals surface area contributed by atoms with E-state index < -0.39 is 6.04 Å². The SMILES string of the molecule is CCc1nn(C)cc1C(NN)c1ccncc1F. The number of pyridine rings is 1. The number of hydrogen-bond acceptors (Lipinski definition) is 4. The van der Waals surface area contributed by atoms with Crippen molar-refractivity contribution in [1.29, 1.82) is 0 Å². The van der Waals surface area contributed by atoms with Crippen LogP contribution in [0.25, 0.3) is 0 Å². The van der Waals surface area contributed by atoms with Gasteiger partial charge < -0.3 is 0 Å². The fraction of sp³-hybridized carbons (Fsp3) is 0.333. The Morgan fingerprint density at radius 2 is 2.28 bits per heavy atom. The lowest BCUT2D eigenvalue weighted by molar-refractivity contribution is 0.553. The molecule has 3 N–H and O–H groups in total. The van der Waals surface area contributed by atoms with Gasteiger partial charge in [0.2, 0.25) is 0 Å². The van der Waals surface area contributed by atoms with Gasteiger partial charge in [0.1, 0.15) is 5.82 Å². The van der Waals surface area contributed by atoms with Crippen molar-refractivity contribution in [2.75, 3.05) is 0 Å². The fourth-order valence-electron chi connectivity index (χ4n) is 2.04. The summed E-state index contributed by atoms with van der Waals surface area (Å²) >= 11 is 0. The third kappa shape index (κ3) is 2.25. The van der Waals surface area contributed by atoms with Crippen LogP contribution in [-0.4, -0.2) is 14.8 Å². The molecule has 0 spiro atoms. The average molecular weight is 249 g/mol. The molecule has 6 heteroatoms. The second-order valence-corrected chi connectivity index (χ2v) is 4.06. The molecule has 0 amide bonds. The first kappa shape index (κ1) is 12.7. The lowest BCUT2D eigenvalue weighted by Gasteiger charge is -2.16. The normalized spacial score (nSPS) is 12.7. The minimum absolute atomic E-state index is 0.383. The van der Waals surface area contributed by atoms with E-state index in [0.29, 0.717) is 5.56 Å². The maximum absolute atomic E-state index is 13.8. The molecule has 0 bridgehead atoms. The van der Waals surface area contributed by atoms with Gasteiger partial charge in [-0.3, -0.25) is 15.5 Å². The number of halogens is 1. The second kappa shape index (κ2) is 5.24. The predicted octanol–water partition coefficient (Wildman–Crippen LogP) is 1.07. The van der Waals surface area contributed by atoms with Crippen molar-refractivity contribution in [2.24, 2.45) is 12.9 Å². The first-order valence-electron chi connectivity index (χ1n) is 5.75. The van der Waals surface area contributed by atoms with Crippen molar-refractivity contribution in [3.8, 4) is 0 Å². The highest BCUT2D eigenvalue weighted by atomic mass is 19.1. The van der Waals surface area contributed by atoms with Gasteiger partial charge in [0.05, 0.1) is 17.9 Å². The van der Waals surface area contributed by atoms with Crippen LogP contribution in [0.5, 0.6) is 0 Å². The molecular weight excluding hydrogens is 233 g/mol. The molecule has 5 nitrogen and oxygen atoms in total. The number of nitrogens with zero attached hydrogens (tertiary/aromatic N) is 3. The zero-order valence-corrected chi connectivity index (χ0v) is 10.4. The summed E-state index contributed by atoms with van der Waals surface area (Å²) in [6.45, 7) is 2.00. The standard InChI is InChI=1S/C12H16FN5/c1-3-11-9(7-18(2)17-11)12(16-14)8-4-5-15-6-10(8)13/h4-7,12,16H,3,14H2,1-2H3. The van der Waals surface area contributed by atoms with Crippen LogP contribution in [0.2, 0.25) is 0 Å². The van der Waals surface area contributed by atoms with E-state index in [2.05, 4.69) is 15.5 Å². The van der Waals surface area contributed by atoms with Gasteiger partial charge in [0, 0.05) is 30.6 Å². The number of rotatable bonds is 4. The molecule has 2 aromatic rings. The minimum Gasteiger partial charge on any atom is -0.275 e. The van der Waals surface area contributed by atoms with Gasteiger partial charge in [-0.25, -0.2) is 9.82 Å². The summed E-state index contributed by atoms with van der Waals surface area (Å²) in [5.41, 5.74) is 4.89. The Hall–Kier alpha value is -1.79. The van der Waals surface area contributed by atoms with E-state index in [9.17, 15) is 4.39 Å². The van der Waals surface area contributed by atoms with Crippen LogP contribution in [0.3, 0.4) is 0 Å². The summed E-state index contributed by atoms with van der Waals surface area (Å²) in [6, 6.07) is 1.20. The maximum atomic E-state index is 13.8. The maximum Gasteiger partial charge on any atom is 0.146 e. The van der Waals surface area contributed by atoms with E-state index in [-0.39, 0.29) is 5.82 Å². The van der Waals surface area contributed by atoms with Gasteiger partial charge in [-0.2, -0.15) is 5.10 Å². The number of aromatic nitrogens is 3. The van der Waals surface area contributed by atoms with Crippen LogP contribution in [0.15, 0.2) is 24.7 Å². The van der Waals surface area contributed by atoms with Crippen LogP contribution in [0.4, 0.5) is 4.39 Å². The average Bonchev–Trinajstić information content (AvgIpc) is 2.74. The van der Waals surface area contributed by atoms with E-state index >= 15 is 0 Å². The highest BCUT2D eigenvalue weighted by Gasteiger charge is 2.21. The number of nitrogens with two attached hydrogens (primary N) is 1. The van der Waals surface area contributed by atoms with Crippen molar-refractivity contribution in [3.63, 3.8) is 0 Å². The zero-order valence-electron chi connectivity index (χ0n) is 10.4. The summed E-state index contributed by atoms with van der Waals surface area (Å²) in [5.74, 6) is 5.18. The molecule has 96 valence electrons. The number of nitrogens with one attached hydrogen (secondary N) is 1. The van der Waals surface area contributed by atoms with Crippen LogP contribution >= 0.6 is 0 Å². The molecule has 0 aliphatic rings. The van der Waals surface area contributed by atoms with Crippen LogP contribution < -0.4 is 11.3 Å². The Bertz CT molecular complexity index is 537. The molecule has 2 rings (SSSR count). The topological polar surface area (TPSA) is 68.8 Å². The van der Waals surface area contributed by atoms with Crippen molar-refractivity contribution < 1.29 is 4.39 Å². The van der Waals surface area contributed by atoms with Crippen LogP contribution in [0, 0.1) is 5.82 Å². The van der Waals surface area contributed by atoms with Gasteiger partial charge in [0.25, 0.3) is 0 Å². The van der Waals surface area contributed by atoms with Crippen molar-refractivity contribution in [1.82, 2.24) is 20.2 Å². The fourth-order valence-corrected chi connectivity index (χ4v) is 2.04. The third-order valence-electron chi connectivity index (χ3n) is 2.86. The van der Waals surface area contributed by atoms with Gasteiger partial charge >= 0.3 is 0 Å². The van der Waals surface area contributed by atoms with E-state index in [4.69, 9.17) is 5.84 Å². The number of aryl methyl sites for hydroxylation is 2. The third-order valence-corrected chi connectivity index (χ3v) is 2.86. The van der Waals surface area contributed by atoms with Gasteiger partial charge in [-0.05, 0) is 12.5 Å². The monoisotopic (exact) mass is 249 g/mol. The lowest BCUT2D eigenvalue weighted by atomic mass is 9.99. The first-order chi connectivity index (χ1) is 8.67. The zero-order chi connectivity index (χ0) is 13.1. The predicted molar refractivity (Wildman–Crippen MR) is 65.9 cm³/mol. The molecule has 0 fully saturated rings. The molecular formula is C12H16FN5. The Labute approximate surface area is 105 Å². The van der Waals surface area contributed by atoms with Crippen molar-refractivity contribution in [2.45, 2.75) is 19.4 Å². The first-order valence-corrected chi connectivity index (χ1v) is 5.75. The second-order valence-electron chi connectivity index (χ2n) is 4.06. The molecule has 0 aromatic carbocycles. The Morgan fingerprint density at radius 3 is 2.89 bits per heavy atom. The molecule has 2 aromatic heterocycles. The van der Waals surface area contributed by atoms with Crippen LogP contribution in [0.1, 0.15) is 29.8 Å². The molecule has 1 atom stereocenters. The highest BCUT2D eigenvalue weighted by molar-refractivity contribution is 5.32. The molecule has 0 saturated heterocycles. The molecule has 0 aliphatic heterocycles. The summed E-state index contributed by atoms with van der Waals surface area (Å²) in [4.78, 5) is 3.74. The van der Waals surface area contributed by atoms with Gasteiger partial charge in [-0.15, -0.1) is 0 Å². The molecule has 0 aliphatic carbocycles. The number of hydrazine groups is 1. The summed E-state index contributed by atoms with van der Waals surface area (Å²) < 4.78 is 15.5. The van der Waals surface area contributed by atoms with E-state index in [1.165, 1.54) is 6.20 Å². The van der Waals surface area contributed by atoms with E-state index in [1.807, 2.05) is 20.2 Å². The molecule has 0 saturated carbocycles. The molecule has 2 heterocycles. The summed E-state index contributed by atoms with van der Waals surface area (Å²) in [7, 11) is 1.83. The number of hydrogen-bond donors (Lipinski definition) is 2. The largest absolute Gasteiger partial charge is 0.275 e. The van der Waals surface area contributed by atoms with Crippen molar-refractivity contribution in [3.05, 3.63) is 47.3 Å². The van der Waals surface area contributed by atoms with E-state index in [1.54, 1.807) is 16.9 Å². The molecule has 0 radical (unpaired) electrons. The summed E-state index contributed by atoms with van der Waals surface area (Å²) in [5, 5.41) is 4.34. The molecule has 18 heavy (non-hydrogen) atoms. The summed E-state index contributed by atoms with van der Waals surface area (Å²) in [6.07, 6.45) is 5.34. The van der Waals surface area contributed by atoms with Gasteiger partial charge in [-0.1, -0.05) is 6.92 Å². The van der Waals surface area contributed by atoms with Gasteiger partial charge in [0.15, 0.2) is 0 Å². The smallest absolute Gasteiger partial charge is 0.146 e. The Balaban J connectivity index is 2.48. The Kier molecular flexibility index (Phi) is 3.69. The molecule has 1 unspecified atom stereocenters. The van der Waals surface area contributed by atoms with Crippen LogP contribution in [-0.2, 0) is 13.5 Å². The Morgan fingerprint density at radius 1 is 1.50 bits per heavy atom. The minimum atomic E-state index is -0.420. The highest BCUT2D eigenvalue weighted by Crippen LogP contribution is 2.25. The van der Waals surface area contributed by atoms with Crippen molar-refractivity contribution >= 4 is 0 Å². The lowest BCUT2D eigenvalue weighted by Crippen LogP contribution is -2.30. The quantitative estimate of drug-likeness (QED) is 0.628.